The van der Waals surface area contributed by atoms with E-state index in [4.69, 9.17) is 9.47 Å². The second-order valence-corrected chi connectivity index (χ2v) is 9.87. The number of dihydropyridines is 1. The lowest BCUT2D eigenvalue weighted by atomic mass is 9.71. The van der Waals surface area contributed by atoms with Crippen LogP contribution in [0.5, 0.6) is 5.75 Å². The van der Waals surface area contributed by atoms with Gasteiger partial charge in [-0.1, -0.05) is 48.9 Å². The lowest BCUT2D eigenvalue weighted by Gasteiger charge is -2.37. The first-order valence-corrected chi connectivity index (χ1v) is 12.7. The van der Waals surface area contributed by atoms with Crippen LogP contribution in [0.1, 0.15) is 74.8 Å². The van der Waals surface area contributed by atoms with Gasteiger partial charge in [-0.25, -0.2) is 4.79 Å². The number of ketones is 1. The van der Waals surface area contributed by atoms with Gasteiger partial charge in [0, 0.05) is 29.3 Å². The van der Waals surface area contributed by atoms with Gasteiger partial charge in [-0.05, 0) is 68.2 Å². The van der Waals surface area contributed by atoms with Crippen molar-refractivity contribution in [2.24, 2.45) is 0 Å². The summed E-state index contributed by atoms with van der Waals surface area (Å²) in [6.07, 6.45) is 6.30. The second-order valence-electron chi connectivity index (χ2n) is 9.87. The van der Waals surface area contributed by atoms with Crippen molar-refractivity contribution >= 4 is 11.8 Å². The Kier molecular flexibility index (Phi) is 6.76. The lowest BCUT2D eigenvalue weighted by molar-refractivity contribution is -0.146. The zero-order chi connectivity index (χ0) is 24.4. The minimum Gasteiger partial charge on any atom is -0.497 e. The minimum absolute atomic E-state index is 0.0482. The summed E-state index contributed by atoms with van der Waals surface area (Å²) in [7, 11) is 1.63. The van der Waals surface area contributed by atoms with Crippen LogP contribution in [0.3, 0.4) is 0 Å². The number of methoxy groups -OCH3 is 1. The van der Waals surface area contributed by atoms with Crippen LogP contribution >= 0.6 is 0 Å². The van der Waals surface area contributed by atoms with E-state index in [1.165, 1.54) is 12.0 Å². The summed E-state index contributed by atoms with van der Waals surface area (Å²) in [6.45, 7) is 1.92. The summed E-state index contributed by atoms with van der Waals surface area (Å²) in [5.41, 5.74) is 5.00. The average Bonchev–Trinajstić information content (AvgIpc) is 2.89. The Labute approximate surface area is 207 Å². The van der Waals surface area contributed by atoms with Crippen molar-refractivity contribution in [3.63, 3.8) is 0 Å². The summed E-state index contributed by atoms with van der Waals surface area (Å²) in [5, 5.41) is 3.45. The highest BCUT2D eigenvalue weighted by Crippen LogP contribution is 2.46. The summed E-state index contributed by atoms with van der Waals surface area (Å²) in [5.74, 6) is 0.187. The van der Waals surface area contributed by atoms with Gasteiger partial charge in [0.1, 0.15) is 11.9 Å². The number of hydrogen-bond donors (Lipinski definition) is 1. The minimum atomic E-state index is -0.447. The second kappa shape index (κ2) is 10.1. The van der Waals surface area contributed by atoms with Crippen molar-refractivity contribution in [3.8, 4) is 5.75 Å². The predicted octanol–water partition coefficient (Wildman–Crippen LogP) is 5.93. The van der Waals surface area contributed by atoms with Crippen LogP contribution in [-0.2, 0) is 14.3 Å². The normalized spacial score (nSPS) is 23.0. The Balaban J connectivity index is 1.52. The third-order valence-electron chi connectivity index (χ3n) is 7.59. The molecule has 2 aromatic rings. The first-order chi connectivity index (χ1) is 17.0. The Morgan fingerprint density at radius 3 is 2.31 bits per heavy atom. The molecule has 1 heterocycles. The van der Waals surface area contributed by atoms with Crippen LogP contribution in [0.4, 0.5) is 0 Å². The van der Waals surface area contributed by atoms with E-state index in [1.54, 1.807) is 7.11 Å². The largest absolute Gasteiger partial charge is 0.497 e. The Bertz CT molecular complexity index is 1160. The van der Waals surface area contributed by atoms with E-state index in [2.05, 4.69) is 17.4 Å². The van der Waals surface area contributed by atoms with Crippen LogP contribution < -0.4 is 10.1 Å². The van der Waals surface area contributed by atoms with Gasteiger partial charge in [-0.3, -0.25) is 4.79 Å². The molecule has 0 amide bonds. The van der Waals surface area contributed by atoms with Crippen molar-refractivity contribution in [3.05, 3.63) is 88.3 Å². The van der Waals surface area contributed by atoms with Gasteiger partial charge >= 0.3 is 5.97 Å². The number of benzene rings is 2. The molecule has 0 aromatic heterocycles. The van der Waals surface area contributed by atoms with E-state index >= 15 is 0 Å². The number of carbonyl (C=O) groups is 2. The monoisotopic (exact) mass is 471 g/mol. The van der Waals surface area contributed by atoms with Crippen molar-refractivity contribution < 1.29 is 19.1 Å². The molecule has 5 rings (SSSR count). The molecule has 0 radical (unpaired) electrons. The average molecular weight is 472 g/mol. The molecule has 0 saturated heterocycles. The Hall–Kier alpha value is -3.34. The summed E-state index contributed by atoms with van der Waals surface area (Å²) >= 11 is 0. The molecule has 0 spiro atoms. The number of hydrogen-bond acceptors (Lipinski definition) is 5. The molecule has 1 fully saturated rings. The SMILES string of the molecule is COc1ccc([C@@H]2C(C(=O)OC3CCCCC3)=C(C)NC3=C2C(=O)C[C@@H](c2ccccc2)C3)cc1. The molecular formula is C30H33NO4. The van der Waals surface area contributed by atoms with E-state index in [0.717, 1.165) is 54.8 Å². The van der Waals surface area contributed by atoms with Crippen molar-refractivity contribution in [2.75, 3.05) is 7.11 Å². The van der Waals surface area contributed by atoms with Gasteiger partial charge in [0.05, 0.1) is 12.7 Å². The van der Waals surface area contributed by atoms with Crippen LogP contribution in [0.2, 0.25) is 0 Å². The molecule has 0 bridgehead atoms. The fourth-order valence-corrected chi connectivity index (χ4v) is 5.80. The van der Waals surface area contributed by atoms with Gasteiger partial charge in [0.25, 0.3) is 0 Å². The third-order valence-corrected chi connectivity index (χ3v) is 7.59. The molecule has 1 saturated carbocycles. The molecule has 2 aliphatic carbocycles. The molecule has 35 heavy (non-hydrogen) atoms. The highest BCUT2D eigenvalue weighted by Gasteiger charge is 2.41. The first-order valence-electron chi connectivity index (χ1n) is 12.7. The molecule has 1 aliphatic heterocycles. The number of rotatable bonds is 5. The molecule has 2 atom stereocenters. The van der Waals surface area contributed by atoms with Crippen LogP contribution in [0, 0.1) is 0 Å². The maximum atomic E-state index is 13.7. The smallest absolute Gasteiger partial charge is 0.337 e. The number of esters is 1. The molecule has 182 valence electrons. The fraction of sp³-hybridized carbons (Fsp3) is 0.400. The van der Waals surface area contributed by atoms with E-state index in [1.807, 2.05) is 49.4 Å². The highest BCUT2D eigenvalue weighted by atomic mass is 16.5. The van der Waals surface area contributed by atoms with Gasteiger partial charge in [-0.15, -0.1) is 0 Å². The van der Waals surface area contributed by atoms with Crippen LogP contribution in [0.15, 0.2) is 77.1 Å². The number of carbonyl (C=O) groups excluding carboxylic acids is 2. The van der Waals surface area contributed by atoms with Crippen LogP contribution in [-0.4, -0.2) is 25.0 Å². The number of nitrogens with one attached hydrogen (secondary N) is 1. The number of allylic oxidation sites excluding steroid dienone is 3. The molecule has 2 aromatic carbocycles. The van der Waals surface area contributed by atoms with E-state index < -0.39 is 5.92 Å². The number of Topliss-reactive ketones (excluding diaryl/α,β-unsaturated/α-hetero) is 1. The van der Waals surface area contributed by atoms with Crippen molar-refractivity contribution in [2.45, 2.75) is 69.8 Å². The van der Waals surface area contributed by atoms with Crippen molar-refractivity contribution in [1.82, 2.24) is 5.32 Å². The van der Waals surface area contributed by atoms with Crippen molar-refractivity contribution in [1.29, 1.82) is 0 Å². The van der Waals surface area contributed by atoms with Gasteiger partial charge < -0.3 is 14.8 Å². The Morgan fingerprint density at radius 2 is 1.63 bits per heavy atom. The van der Waals surface area contributed by atoms with Crippen LogP contribution in [0.25, 0.3) is 0 Å². The lowest BCUT2D eigenvalue weighted by Crippen LogP contribution is -2.37. The summed E-state index contributed by atoms with van der Waals surface area (Å²) in [6, 6.07) is 17.9. The molecule has 3 aliphatic rings. The summed E-state index contributed by atoms with van der Waals surface area (Å²) < 4.78 is 11.4. The molecule has 0 unspecified atom stereocenters. The first kappa shape index (κ1) is 23.4. The predicted molar refractivity (Wildman–Crippen MR) is 135 cm³/mol. The maximum Gasteiger partial charge on any atom is 0.337 e. The van der Waals surface area contributed by atoms with E-state index in [0.29, 0.717) is 17.6 Å². The van der Waals surface area contributed by atoms with E-state index in [9.17, 15) is 9.59 Å². The topological polar surface area (TPSA) is 64.6 Å². The zero-order valence-corrected chi connectivity index (χ0v) is 20.5. The number of ether oxygens (including phenoxy) is 2. The fourth-order valence-electron chi connectivity index (χ4n) is 5.80. The highest BCUT2D eigenvalue weighted by molar-refractivity contribution is 6.04. The summed E-state index contributed by atoms with van der Waals surface area (Å²) in [4.78, 5) is 27.3. The van der Waals surface area contributed by atoms with Gasteiger partial charge in [0.2, 0.25) is 0 Å². The quantitative estimate of drug-likeness (QED) is 0.548. The molecular weight excluding hydrogens is 438 g/mol. The standard InChI is InChI=1S/C30H33NO4/c1-19-27(30(33)35-24-11-7-4-8-12-24)28(21-13-15-23(34-2)16-14-21)29-25(31-19)17-22(18-26(29)32)20-9-5-3-6-10-20/h3,5-6,9-10,13-16,22,24,28,31H,4,7-8,11-12,17-18H2,1-2H3/t22-,28+/m0/s1. The molecule has 5 nitrogen and oxygen atoms in total. The molecule has 1 N–H and O–H groups in total. The maximum absolute atomic E-state index is 13.7. The van der Waals surface area contributed by atoms with E-state index in [-0.39, 0.29) is 23.8 Å². The Morgan fingerprint density at radius 1 is 0.914 bits per heavy atom. The third kappa shape index (κ3) is 4.77. The zero-order valence-electron chi connectivity index (χ0n) is 20.5. The van der Waals surface area contributed by atoms with Gasteiger partial charge in [0.15, 0.2) is 5.78 Å². The molecule has 5 heteroatoms. The van der Waals surface area contributed by atoms with Gasteiger partial charge in [-0.2, -0.15) is 0 Å².